The highest BCUT2D eigenvalue weighted by Gasteiger charge is 2.51. The van der Waals surface area contributed by atoms with Crippen LogP contribution in [-0.2, 0) is 0 Å². The van der Waals surface area contributed by atoms with E-state index in [9.17, 15) is 18.0 Å². The summed E-state index contributed by atoms with van der Waals surface area (Å²) in [6, 6.07) is 0. The Morgan fingerprint density at radius 2 is 2.11 bits per heavy atom. The second-order valence-corrected chi connectivity index (χ2v) is 3.75. The molecule has 9 heavy (non-hydrogen) atoms. The minimum atomic E-state index is -3.51. The molecule has 1 fully saturated rings. The van der Waals surface area contributed by atoms with Gasteiger partial charge in [-0.05, 0) is 11.8 Å². The van der Waals surface area contributed by atoms with Crippen molar-refractivity contribution in [3.05, 3.63) is 0 Å². The van der Waals surface area contributed by atoms with E-state index in [0.29, 0.717) is 0 Å². The number of halogens is 3. The third-order valence-electron chi connectivity index (χ3n) is 0.683. The van der Waals surface area contributed by atoms with Crippen LogP contribution in [0.3, 0.4) is 0 Å². The molecule has 0 N–H and O–H groups in total. The van der Waals surface area contributed by atoms with E-state index < -0.39 is 15.2 Å². The van der Waals surface area contributed by atoms with E-state index in [4.69, 9.17) is 0 Å². The Bertz CT molecular complexity index is 148. The first-order valence-electron chi connectivity index (χ1n) is 1.94. The van der Waals surface area contributed by atoms with Gasteiger partial charge in [-0.2, -0.15) is 8.78 Å². The highest BCUT2D eigenvalue weighted by Crippen LogP contribution is 2.50. The SMILES string of the molecule is O=C1SC(F)C(F)(F)S1. The van der Waals surface area contributed by atoms with Crippen molar-refractivity contribution in [2.45, 2.75) is 10.8 Å². The van der Waals surface area contributed by atoms with Crippen molar-refractivity contribution < 1.29 is 18.0 Å². The van der Waals surface area contributed by atoms with Gasteiger partial charge in [0.2, 0.25) is 5.50 Å². The lowest BCUT2D eigenvalue weighted by atomic mass is 10.8. The van der Waals surface area contributed by atoms with Gasteiger partial charge in [0.1, 0.15) is 0 Å². The molecule has 6 heteroatoms. The minimum Gasteiger partial charge on any atom is -0.274 e. The maximum absolute atomic E-state index is 11.9. The molecule has 1 aliphatic rings. The molecule has 1 aliphatic heterocycles. The molecule has 1 rings (SSSR count). The van der Waals surface area contributed by atoms with Crippen LogP contribution in [0.1, 0.15) is 0 Å². The topological polar surface area (TPSA) is 17.1 Å². The van der Waals surface area contributed by atoms with Gasteiger partial charge < -0.3 is 0 Å². The first-order chi connectivity index (χ1) is 4.02. The van der Waals surface area contributed by atoms with Crippen LogP contribution in [0, 0.1) is 0 Å². The molecular weight excluding hydrogens is 173 g/mol. The van der Waals surface area contributed by atoms with Gasteiger partial charge in [0.05, 0.1) is 0 Å². The lowest BCUT2D eigenvalue weighted by Crippen LogP contribution is -2.16. The fourth-order valence-electron chi connectivity index (χ4n) is 0.335. The summed E-state index contributed by atoms with van der Waals surface area (Å²) in [6.45, 7) is 0. The summed E-state index contributed by atoms with van der Waals surface area (Å²) >= 11 is -0.219. The molecule has 0 aromatic rings. The molecule has 0 spiro atoms. The van der Waals surface area contributed by atoms with Gasteiger partial charge in [-0.1, -0.05) is 0 Å². The van der Waals surface area contributed by atoms with Gasteiger partial charge in [-0.15, -0.1) is 0 Å². The number of rotatable bonds is 0. The molecule has 0 radical (unpaired) electrons. The second-order valence-electron chi connectivity index (χ2n) is 1.35. The molecule has 1 saturated heterocycles. The van der Waals surface area contributed by atoms with Crippen molar-refractivity contribution in [2.24, 2.45) is 0 Å². The van der Waals surface area contributed by atoms with Crippen LogP contribution in [0.4, 0.5) is 18.0 Å². The number of hydrogen-bond acceptors (Lipinski definition) is 3. The van der Waals surface area contributed by atoms with Crippen molar-refractivity contribution in [3.63, 3.8) is 0 Å². The summed E-state index contributed by atoms with van der Waals surface area (Å²) in [5, 5.41) is -3.51. The van der Waals surface area contributed by atoms with Crippen LogP contribution in [0.5, 0.6) is 0 Å². The molecule has 1 unspecified atom stereocenters. The van der Waals surface area contributed by atoms with Crippen LogP contribution in [0.2, 0.25) is 0 Å². The number of alkyl halides is 3. The van der Waals surface area contributed by atoms with Crippen LogP contribution in [0.15, 0.2) is 0 Å². The first kappa shape index (κ1) is 7.27. The Kier molecular flexibility index (Phi) is 1.69. The lowest BCUT2D eigenvalue weighted by Gasteiger charge is -2.05. The first-order valence-corrected chi connectivity index (χ1v) is 3.63. The fraction of sp³-hybridized carbons (Fsp3) is 0.667. The Balaban J connectivity index is 2.69. The van der Waals surface area contributed by atoms with Gasteiger partial charge in [-0.3, -0.25) is 4.79 Å². The summed E-state index contributed by atoms with van der Waals surface area (Å²) in [7, 11) is 0. The molecule has 0 amide bonds. The third kappa shape index (κ3) is 1.35. The van der Waals surface area contributed by atoms with E-state index in [1.54, 1.807) is 0 Å². The largest absolute Gasteiger partial charge is 0.341 e. The minimum absolute atomic E-state index is 0.0347. The van der Waals surface area contributed by atoms with Gasteiger partial charge in [0.25, 0.3) is 4.45 Å². The van der Waals surface area contributed by atoms with E-state index in [-0.39, 0.29) is 23.5 Å². The summed E-state index contributed by atoms with van der Waals surface area (Å²) in [6.07, 6.45) is 0. The summed E-state index contributed by atoms with van der Waals surface area (Å²) in [5.74, 6) is 0. The molecule has 1 heterocycles. The summed E-state index contributed by atoms with van der Waals surface area (Å²) in [5.41, 5.74) is -2.37. The smallest absolute Gasteiger partial charge is 0.274 e. The number of carbonyl (C=O) groups excluding carboxylic acids is 1. The van der Waals surface area contributed by atoms with Crippen LogP contribution < -0.4 is 0 Å². The maximum Gasteiger partial charge on any atom is 0.341 e. The van der Waals surface area contributed by atoms with Gasteiger partial charge >= 0.3 is 5.25 Å². The zero-order valence-electron chi connectivity index (χ0n) is 3.94. The highest BCUT2D eigenvalue weighted by molar-refractivity contribution is 8.41. The quantitative estimate of drug-likeness (QED) is 0.561. The standard InChI is InChI=1S/C3HF3OS2/c4-1-3(5,6)9-2(7)8-1/h1H. The van der Waals surface area contributed by atoms with E-state index >= 15 is 0 Å². The zero-order chi connectivity index (χ0) is 7.07. The molecule has 0 bridgehead atoms. The third-order valence-corrected chi connectivity index (χ3v) is 2.71. The van der Waals surface area contributed by atoms with Crippen molar-refractivity contribution in [2.75, 3.05) is 0 Å². The predicted octanol–water partition coefficient (Wildman–Crippen LogP) is 2.47. The molecule has 52 valence electrons. The molecule has 0 saturated carbocycles. The van der Waals surface area contributed by atoms with Crippen LogP contribution in [-0.4, -0.2) is 15.2 Å². The van der Waals surface area contributed by atoms with E-state index in [1.165, 1.54) is 0 Å². The number of hydrogen-bond donors (Lipinski definition) is 0. The normalized spacial score (nSPS) is 33.2. The highest BCUT2D eigenvalue weighted by atomic mass is 32.2. The Morgan fingerprint density at radius 3 is 2.22 bits per heavy atom. The van der Waals surface area contributed by atoms with Gasteiger partial charge in [0, 0.05) is 11.8 Å². The average Bonchev–Trinajstić information content (AvgIpc) is 1.79. The second kappa shape index (κ2) is 2.09. The summed E-state index contributed by atoms with van der Waals surface area (Å²) < 4.78 is 34.9. The van der Waals surface area contributed by atoms with Crippen LogP contribution in [0.25, 0.3) is 0 Å². The van der Waals surface area contributed by atoms with E-state index in [1.807, 2.05) is 0 Å². The maximum atomic E-state index is 11.9. The molecule has 0 aliphatic carbocycles. The van der Waals surface area contributed by atoms with Crippen molar-refractivity contribution in [1.29, 1.82) is 0 Å². The average molecular weight is 174 g/mol. The Labute approximate surface area is 57.4 Å². The molecule has 1 nitrogen and oxygen atoms in total. The van der Waals surface area contributed by atoms with Crippen molar-refractivity contribution in [1.82, 2.24) is 0 Å². The lowest BCUT2D eigenvalue weighted by molar-refractivity contribution is 0.0604. The number of thioether (sulfide) groups is 2. The fourth-order valence-corrected chi connectivity index (χ4v) is 2.02. The Hall–Kier alpha value is 0.160. The molecule has 1 atom stereocenters. The predicted molar refractivity (Wildman–Crippen MR) is 30.4 cm³/mol. The molecule has 0 aromatic carbocycles. The van der Waals surface area contributed by atoms with Gasteiger partial charge in [0.15, 0.2) is 0 Å². The number of carbonyl (C=O) groups is 1. The zero-order valence-corrected chi connectivity index (χ0v) is 5.57. The Morgan fingerprint density at radius 1 is 1.56 bits per heavy atom. The van der Waals surface area contributed by atoms with E-state index in [2.05, 4.69) is 0 Å². The van der Waals surface area contributed by atoms with Crippen molar-refractivity contribution in [3.8, 4) is 0 Å². The monoisotopic (exact) mass is 174 g/mol. The van der Waals surface area contributed by atoms with Crippen LogP contribution >= 0.6 is 23.5 Å². The molecular formula is C3HF3OS2. The molecule has 0 aromatic heterocycles. The van der Waals surface area contributed by atoms with E-state index in [0.717, 1.165) is 0 Å². The van der Waals surface area contributed by atoms with Gasteiger partial charge in [-0.25, -0.2) is 4.39 Å². The summed E-state index contributed by atoms with van der Waals surface area (Å²) in [4.78, 5) is 10.1. The van der Waals surface area contributed by atoms with Crippen molar-refractivity contribution >= 4 is 28.0 Å².